The lowest BCUT2D eigenvalue weighted by atomic mass is 10.2. The molecular formula is C8H10ClNO. The quantitative estimate of drug-likeness (QED) is 0.703. The van der Waals surface area contributed by atoms with E-state index in [-0.39, 0.29) is 0 Å². The fourth-order valence-electron chi connectivity index (χ4n) is 0.765. The molecule has 11 heavy (non-hydrogen) atoms. The Morgan fingerprint density at radius 2 is 2.18 bits per heavy atom. The predicted octanol–water partition coefficient (Wildman–Crippen LogP) is 1.99. The standard InChI is InChI=1S/C8H10ClNO/c1-10-11-6-7-4-2-3-5-8(7)9/h2-5,10H,6H2,1H3. The van der Waals surface area contributed by atoms with Gasteiger partial charge in [-0.15, -0.1) is 0 Å². The number of hydrogen-bond acceptors (Lipinski definition) is 2. The van der Waals surface area contributed by atoms with Crippen molar-refractivity contribution in [2.45, 2.75) is 6.61 Å². The first-order valence-electron chi connectivity index (χ1n) is 3.36. The van der Waals surface area contributed by atoms with E-state index in [4.69, 9.17) is 16.4 Å². The zero-order valence-corrected chi connectivity index (χ0v) is 7.06. The van der Waals surface area contributed by atoms with Crippen molar-refractivity contribution < 1.29 is 4.84 Å². The van der Waals surface area contributed by atoms with Gasteiger partial charge in [0.1, 0.15) is 0 Å². The fraction of sp³-hybridized carbons (Fsp3) is 0.250. The Kier molecular flexibility index (Phi) is 3.36. The van der Waals surface area contributed by atoms with Gasteiger partial charge in [-0.1, -0.05) is 29.8 Å². The Morgan fingerprint density at radius 1 is 1.45 bits per heavy atom. The maximum Gasteiger partial charge on any atom is 0.0947 e. The number of hydroxylamine groups is 1. The third-order valence-electron chi connectivity index (χ3n) is 1.33. The summed E-state index contributed by atoms with van der Waals surface area (Å²) >= 11 is 5.85. The lowest BCUT2D eigenvalue weighted by Gasteiger charge is -2.02. The van der Waals surface area contributed by atoms with Gasteiger partial charge in [-0.3, -0.25) is 4.84 Å². The number of nitrogens with one attached hydrogen (secondary N) is 1. The van der Waals surface area contributed by atoms with Gasteiger partial charge < -0.3 is 0 Å². The Labute approximate surface area is 71.1 Å². The second-order valence-corrected chi connectivity index (χ2v) is 2.49. The molecule has 0 aliphatic heterocycles. The normalized spacial score (nSPS) is 10.0. The molecule has 1 N–H and O–H groups in total. The molecule has 0 atom stereocenters. The van der Waals surface area contributed by atoms with E-state index in [0.717, 1.165) is 10.6 Å². The van der Waals surface area contributed by atoms with Crippen LogP contribution in [0.15, 0.2) is 24.3 Å². The van der Waals surface area contributed by atoms with Gasteiger partial charge in [0.2, 0.25) is 0 Å². The predicted molar refractivity (Wildman–Crippen MR) is 45.3 cm³/mol. The van der Waals surface area contributed by atoms with Crippen LogP contribution in [0.3, 0.4) is 0 Å². The molecule has 3 heteroatoms. The van der Waals surface area contributed by atoms with Crippen LogP contribution in [0.5, 0.6) is 0 Å². The maximum atomic E-state index is 5.85. The summed E-state index contributed by atoms with van der Waals surface area (Å²) in [6.45, 7) is 0.496. The van der Waals surface area contributed by atoms with E-state index in [0.29, 0.717) is 6.61 Å². The smallest absolute Gasteiger partial charge is 0.0947 e. The van der Waals surface area contributed by atoms with Crippen molar-refractivity contribution >= 4 is 11.6 Å². The van der Waals surface area contributed by atoms with Crippen LogP contribution in [0.1, 0.15) is 5.56 Å². The van der Waals surface area contributed by atoms with Gasteiger partial charge >= 0.3 is 0 Å². The highest BCUT2D eigenvalue weighted by molar-refractivity contribution is 6.31. The van der Waals surface area contributed by atoms with Gasteiger partial charge in [0.05, 0.1) is 6.61 Å². The van der Waals surface area contributed by atoms with Crippen LogP contribution in [0.2, 0.25) is 5.02 Å². The topological polar surface area (TPSA) is 21.3 Å². The van der Waals surface area contributed by atoms with Crippen LogP contribution >= 0.6 is 11.6 Å². The summed E-state index contributed by atoms with van der Waals surface area (Å²) in [7, 11) is 1.72. The monoisotopic (exact) mass is 171 g/mol. The Morgan fingerprint density at radius 3 is 2.82 bits per heavy atom. The van der Waals surface area contributed by atoms with Crippen LogP contribution in [-0.2, 0) is 11.4 Å². The SMILES string of the molecule is CNOCc1ccccc1Cl. The van der Waals surface area contributed by atoms with Crippen molar-refractivity contribution in [1.29, 1.82) is 0 Å². The molecule has 60 valence electrons. The summed E-state index contributed by atoms with van der Waals surface area (Å²) in [4.78, 5) is 4.97. The van der Waals surface area contributed by atoms with Crippen LogP contribution < -0.4 is 5.48 Å². The summed E-state index contributed by atoms with van der Waals surface area (Å²) in [5.41, 5.74) is 3.57. The molecule has 0 heterocycles. The van der Waals surface area contributed by atoms with Crippen molar-refractivity contribution in [3.63, 3.8) is 0 Å². The Hall–Kier alpha value is -0.570. The van der Waals surface area contributed by atoms with Gasteiger partial charge in [0, 0.05) is 12.1 Å². The van der Waals surface area contributed by atoms with Gasteiger partial charge in [-0.2, -0.15) is 0 Å². The zero-order chi connectivity index (χ0) is 8.10. The van der Waals surface area contributed by atoms with Crippen molar-refractivity contribution in [1.82, 2.24) is 5.48 Å². The molecule has 0 aromatic heterocycles. The summed E-state index contributed by atoms with van der Waals surface area (Å²) in [6, 6.07) is 7.60. The van der Waals surface area contributed by atoms with E-state index in [1.54, 1.807) is 7.05 Å². The lowest BCUT2D eigenvalue weighted by Crippen LogP contribution is -2.06. The highest BCUT2D eigenvalue weighted by atomic mass is 35.5. The first kappa shape index (κ1) is 8.53. The molecule has 0 fully saturated rings. The molecule has 1 rings (SSSR count). The van der Waals surface area contributed by atoms with Crippen molar-refractivity contribution in [2.75, 3.05) is 7.05 Å². The molecule has 0 aliphatic carbocycles. The molecule has 0 saturated carbocycles. The molecule has 0 unspecified atom stereocenters. The molecule has 0 radical (unpaired) electrons. The van der Waals surface area contributed by atoms with Crippen molar-refractivity contribution in [3.8, 4) is 0 Å². The van der Waals surface area contributed by atoms with E-state index in [2.05, 4.69) is 5.48 Å². The molecule has 0 bridgehead atoms. The van der Waals surface area contributed by atoms with Crippen LogP contribution in [0.25, 0.3) is 0 Å². The number of hydrogen-bond donors (Lipinski definition) is 1. The highest BCUT2D eigenvalue weighted by Gasteiger charge is 1.96. The first-order valence-corrected chi connectivity index (χ1v) is 3.74. The highest BCUT2D eigenvalue weighted by Crippen LogP contribution is 2.14. The lowest BCUT2D eigenvalue weighted by molar-refractivity contribution is 0.0445. The fourth-order valence-corrected chi connectivity index (χ4v) is 0.956. The molecule has 0 spiro atoms. The maximum absolute atomic E-state index is 5.85. The minimum absolute atomic E-state index is 0.496. The number of halogens is 1. The average molecular weight is 172 g/mol. The first-order chi connectivity index (χ1) is 5.34. The summed E-state index contributed by atoms with van der Waals surface area (Å²) < 4.78 is 0. The Balaban J connectivity index is 2.62. The molecule has 0 saturated heterocycles. The summed E-state index contributed by atoms with van der Waals surface area (Å²) in [6.07, 6.45) is 0. The van der Waals surface area contributed by atoms with Crippen molar-refractivity contribution in [2.24, 2.45) is 0 Å². The Bertz CT molecular complexity index is 227. The van der Waals surface area contributed by atoms with Gasteiger partial charge in [0.25, 0.3) is 0 Å². The van der Waals surface area contributed by atoms with E-state index in [1.807, 2.05) is 24.3 Å². The van der Waals surface area contributed by atoms with Crippen LogP contribution in [0, 0.1) is 0 Å². The third kappa shape index (κ3) is 2.50. The summed E-state index contributed by atoms with van der Waals surface area (Å²) in [5.74, 6) is 0. The third-order valence-corrected chi connectivity index (χ3v) is 1.70. The van der Waals surface area contributed by atoms with E-state index in [9.17, 15) is 0 Å². The average Bonchev–Trinajstić information content (AvgIpc) is 2.03. The molecule has 1 aromatic rings. The molecule has 2 nitrogen and oxygen atoms in total. The van der Waals surface area contributed by atoms with E-state index in [1.165, 1.54) is 0 Å². The summed E-state index contributed by atoms with van der Waals surface area (Å²) in [5, 5.41) is 0.739. The second kappa shape index (κ2) is 4.34. The number of benzene rings is 1. The minimum atomic E-state index is 0.496. The molecule has 0 aliphatic rings. The van der Waals surface area contributed by atoms with E-state index < -0.39 is 0 Å². The van der Waals surface area contributed by atoms with Crippen molar-refractivity contribution in [3.05, 3.63) is 34.9 Å². The van der Waals surface area contributed by atoms with Crippen LogP contribution in [0.4, 0.5) is 0 Å². The number of rotatable bonds is 3. The van der Waals surface area contributed by atoms with Crippen LogP contribution in [-0.4, -0.2) is 7.05 Å². The molecule has 0 amide bonds. The minimum Gasteiger partial charge on any atom is -0.297 e. The van der Waals surface area contributed by atoms with E-state index >= 15 is 0 Å². The molecular weight excluding hydrogens is 162 g/mol. The van der Waals surface area contributed by atoms with Gasteiger partial charge in [0.15, 0.2) is 0 Å². The largest absolute Gasteiger partial charge is 0.297 e. The van der Waals surface area contributed by atoms with Gasteiger partial charge in [-0.05, 0) is 11.6 Å². The zero-order valence-electron chi connectivity index (χ0n) is 6.30. The second-order valence-electron chi connectivity index (χ2n) is 2.08. The van der Waals surface area contributed by atoms with Gasteiger partial charge in [-0.25, -0.2) is 5.48 Å². The molecule has 1 aromatic carbocycles.